The number of aryl methyl sites for hydroxylation is 1. The second-order valence-electron chi connectivity index (χ2n) is 4.11. The Morgan fingerprint density at radius 1 is 1.56 bits per heavy atom. The minimum Gasteiger partial charge on any atom is -0.480 e. The van der Waals surface area contributed by atoms with Gasteiger partial charge in [0, 0.05) is 13.5 Å². The van der Waals surface area contributed by atoms with Crippen LogP contribution in [0.1, 0.15) is 22.5 Å². The zero-order valence-electron chi connectivity index (χ0n) is 9.61. The molecule has 6 nitrogen and oxygen atoms in total. The molecular weight excluding hydrogens is 250 g/mol. The number of hydrogen-bond acceptors (Lipinski definition) is 4. The van der Waals surface area contributed by atoms with Crippen molar-refractivity contribution in [3.05, 3.63) is 17.5 Å². The van der Waals surface area contributed by atoms with Crippen molar-refractivity contribution in [3.8, 4) is 0 Å². The van der Waals surface area contributed by atoms with Gasteiger partial charge in [-0.2, -0.15) is 5.10 Å². The lowest BCUT2D eigenvalue weighted by atomic mass is 9.98. The number of methoxy groups -OCH3 is 1. The standard InChI is InChI=1S/C10H10F2N2O4/c1-14-6(5(3-13-14)7(15)18-2)9(8(16)17)4-10(9,11)12/h3H,4H2,1-2H3,(H,16,17). The van der Waals surface area contributed by atoms with E-state index in [2.05, 4.69) is 9.84 Å². The summed E-state index contributed by atoms with van der Waals surface area (Å²) in [4.78, 5) is 22.6. The third-order valence-corrected chi connectivity index (χ3v) is 3.10. The van der Waals surface area contributed by atoms with Crippen LogP contribution in [0.5, 0.6) is 0 Å². The van der Waals surface area contributed by atoms with Gasteiger partial charge in [-0.1, -0.05) is 0 Å². The lowest BCUT2D eigenvalue weighted by Gasteiger charge is -2.13. The maximum Gasteiger partial charge on any atom is 0.341 e. The molecule has 0 bridgehead atoms. The second kappa shape index (κ2) is 3.50. The first-order valence-corrected chi connectivity index (χ1v) is 5.00. The van der Waals surface area contributed by atoms with Gasteiger partial charge in [0.25, 0.3) is 5.92 Å². The van der Waals surface area contributed by atoms with Crippen molar-refractivity contribution in [2.75, 3.05) is 7.11 Å². The predicted octanol–water partition coefficient (Wildman–Crippen LogP) is 0.568. The second-order valence-corrected chi connectivity index (χ2v) is 4.11. The fourth-order valence-electron chi connectivity index (χ4n) is 2.08. The van der Waals surface area contributed by atoms with Crippen molar-refractivity contribution in [3.63, 3.8) is 0 Å². The first-order valence-electron chi connectivity index (χ1n) is 5.00. The van der Waals surface area contributed by atoms with Crippen molar-refractivity contribution < 1.29 is 28.2 Å². The average molecular weight is 260 g/mol. The first kappa shape index (κ1) is 12.5. The zero-order chi connectivity index (χ0) is 13.7. The molecule has 1 N–H and O–H groups in total. The molecule has 18 heavy (non-hydrogen) atoms. The number of carboxylic acid groups (broad SMARTS) is 1. The van der Waals surface area contributed by atoms with Gasteiger partial charge < -0.3 is 9.84 Å². The van der Waals surface area contributed by atoms with Crippen molar-refractivity contribution in [2.45, 2.75) is 17.8 Å². The Balaban J connectivity index is 2.61. The van der Waals surface area contributed by atoms with Crippen LogP contribution in [0, 0.1) is 0 Å². The summed E-state index contributed by atoms with van der Waals surface area (Å²) in [5.41, 5.74) is -2.96. The van der Waals surface area contributed by atoms with Gasteiger partial charge in [0.1, 0.15) is 5.56 Å². The van der Waals surface area contributed by atoms with Crippen molar-refractivity contribution >= 4 is 11.9 Å². The first-order chi connectivity index (χ1) is 8.28. The van der Waals surface area contributed by atoms with Crippen LogP contribution in [-0.4, -0.2) is 39.9 Å². The van der Waals surface area contributed by atoms with Crippen LogP contribution in [0.4, 0.5) is 8.78 Å². The Morgan fingerprint density at radius 2 is 2.11 bits per heavy atom. The van der Waals surface area contributed by atoms with Crippen LogP contribution in [0.3, 0.4) is 0 Å². The third-order valence-electron chi connectivity index (χ3n) is 3.10. The van der Waals surface area contributed by atoms with Crippen molar-refractivity contribution in [1.29, 1.82) is 0 Å². The number of alkyl halides is 2. The lowest BCUT2D eigenvalue weighted by molar-refractivity contribution is -0.143. The molecule has 1 atom stereocenters. The number of esters is 1. The van der Waals surface area contributed by atoms with E-state index in [-0.39, 0.29) is 11.3 Å². The number of carboxylic acids is 1. The summed E-state index contributed by atoms with van der Waals surface area (Å²) in [6.07, 6.45) is 0.180. The maximum absolute atomic E-state index is 13.4. The molecule has 2 rings (SSSR count). The number of nitrogens with zero attached hydrogens (tertiary/aromatic N) is 2. The lowest BCUT2D eigenvalue weighted by Crippen LogP contribution is -2.31. The number of aromatic nitrogens is 2. The molecule has 0 saturated heterocycles. The Morgan fingerprint density at radius 3 is 2.50 bits per heavy atom. The van der Waals surface area contributed by atoms with Crippen LogP contribution < -0.4 is 0 Å². The Kier molecular flexibility index (Phi) is 2.42. The van der Waals surface area contributed by atoms with Gasteiger partial charge in [0.2, 0.25) is 0 Å². The molecule has 1 fully saturated rings. The van der Waals surface area contributed by atoms with Crippen LogP contribution in [0.2, 0.25) is 0 Å². The van der Waals surface area contributed by atoms with E-state index in [0.29, 0.717) is 0 Å². The van der Waals surface area contributed by atoms with Gasteiger partial charge in [-0.05, 0) is 0 Å². The number of carbonyl (C=O) groups excluding carboxylic acids is 1. The topological polar surface area (TPSA) is 81.4 Å². The molecule has 1 aliphatic carbocycles. The maximum atomic E-state index is 13.4. The molecule has 0 aliphatic heterocycles. The third kappa shape index (κ3) is 1.34. The van der Waals surface area contributed by atoms with E-state index in [1.807, 2.05) is 0 Å². The molecular formula is C10H10F2N2O4. The number of carbonyl (C=O) groups is 2. The van der Waals surface area contributed by atoms with Gasteiger partial charge in [-0.15, -0.1) is 0 Å². The van der Waals surface area contributed by atoms with E-state index < -0.39 is 29.7 Å². The fraction of sp³-hybridized carbons (Fsp3) is 0.500. The molecule has 1 saturated carbocycles. The van der Waals surface area contributed by atoms with Crippen molar-refractivity contribution in [1.82, 2.24) is 9.78 Å². The number of aliphatic carboxylic acids is 1. The normalized spacial score (nSPS) is 24.7. The molecule has 1 aromatic rings. The molecule has 1 heterocycles. The molecule has 1 aromatic heterocycles. The summed E-state index contributed by atoms with van der Waals surface area (Å²) in [5.74, 6) is -5.96. The molecule has 8 heteroatoms. The van der Waals surface area contributed by atoms with Crippen molar-refractivity contribution in [2.24, 2.45) is 7.05 Å². The highest BCUT2D eigenvalue weighted by molar-refractivity contribution is 5.96. The van der Waals surface area contributed by atoms with Gasteiger partial charge in [0.05, 0.1) is 19.0 Å². The number of rotatable bonds is 3. The number of hydrogen-bond donors (Lipinski definition) is 1. The van der Waals surface area contributed by atoms with Gasteiger partial charge >= 0.3 is 11.9 Å². The highest BCUT2D eigenvalue weighted by Crippen LogP contribution is 2.62. The predicted molar refractivity (Wildman–Crippen MR) is 53.4 cm³/mol. The summed E-state index contributed by atoms with van der Waals surface area (Å²) in [6.45, 7) is 0. The number of ether oxygens (including phenoxy) is 1. The van der Waals surface area contributed by atoms with Gasteiger partial charge in [0.15, 0.2) is 5.41 Å². The largest absolute Gasteiger partial charge is 0.480 e. The Bertz CT molecular complexity index is 540. The molecule has 1 unspecified atom stereocenters. The molecule has 1 aliphatic rings. The summed E-state index contributed by atoms with van der Waals surface area (Å²) < 4.78 is 32.2. The quantitative estimate of drug-likeness (QED) is 0.803. The highest BCUT2D eigenvalue weighted by Gasteiger charge is 2.79. The zero-order valence-corrected chi connectivity index (χ0v) is 9.61. The minimum atomic E-state index is -3.39. The molecule has 0 spiro atoms. The minimum absolute atomic E-state index is 0.250. The summed E-state index contributed by atoms with van der Waals surface area (Å²) in [7, 11) is 2.39. The van der Waals surface area contributed by atoms with Crippen LogP contribution >= 0.6 is 0 Å². The van der Waals surface area contributed by atoms with E-state index in [1.54, 1.807) is 0 Å². The smallest absolute Gasteiger partial charge is 0.341 e. The van der Waals surface area contributed by atoms with E-state index in [1.165, 1.54) is 7.05 Å². The average Bonchev–Trinajstić information content (AvgIpc) is 2.66. The van der Waals surface area contributed by atoms with Crippen LogP contribution in [0.15, 0.2) is 6.20 Å². The number of halogens is 2. The van der Waals surface area contributed by atoms with Gasteiger partial charge in [-0.3, -0.25) is 9.48 Å². The van der Waals surface area contributed by atoms with Crippen LogP contribution in [0.25, 0.3) is 0 Å². The van der Waals surface area contributed by atoms with Crippen LogP contribution in [-0.2, 0) is 22.0 Å². The summed E-state index contributed by atoms with van der Waals surface area (Å²) in [6, 6.07) is 0. The Labute approximate surface area is 100 Å². The van der Waals surface area contributed by atoms with E-state index in [9.17, 15) is 18.4 Å². The summed E-state index contributed by atoms with van der Waals surface area (Å²) >= 11 is 0. The molecule has 0 radical (unpaired) electrons. The van der Waals surface area contributed by atoms with E-state index >= 15 is 0 Å². The highest BCUT2D eigenvalue weighted by atomic mass is 19.3. The van der Waals surface area contributed by atoms with E-state index in [0.717, 1.165) is 18.0 Å². The molecule has 98 valence electrons. The van der Waals surface area contributed by atoms with E-state index in [4.69, 9.17) is 5.11 Å². The molecule has 0 amide bonds. The molecule has 0 aromatic carbocycles. The Hall–Kier alpha value is -1.99. The monoisotopic (exact) mass is 260 g/mol. The fourth-order valence-corrected chi connectivity index (χ4v) is 2.08. The van der Waals surface area contributed by atoms with Gasteiger partial charge in [-0.25, -0.2) is 13.6 Å². The SMILES string of the molecule is COC(=O)c1cnn(C)c1C1(C(=O)O)CC1(F)F. The summed E-state index contributed by atoms with van der Waals surface area (Å²) in [5, 5.41) is 12.7.